The molecular weight excluding hydrogens is 303 g/mol. The van der Waals surface area contributed by atoms with Crippen molar-refractivity contribution in [1.82, 2.24) is 6.15 Å². The molecule has 3 N–H and O–H groups in total. The smallest absolute Gasteiger partial charge is 0 e. The number of hydrogen-bond acceptors (Lipinski definition) is 1. The number of hydrogen-bond donors (Lipinski definition) is 1. The molecule has 0 aliphatic carbocycles. The minimum Gasteiger partial charge on any atom is -0.344 e. The third-order valence-electron chi connectivity index (χ3n) is 0. The quantitative estimate of drug-likeness (QED) is 0.636. The van der Waals surface area contributed by atoms with Crippen LogP contribution in [0.25, 0.3) is 0 Å². The maximum atomic E-state index is 0. The molecule has 0 aromatic heterocycles. The van der Waals surface area contributed by atoms with E-state index in [2.05, 4.69) is 0 Å². The van der Waals surface area contributed by atoms with Crippen molar-refractivity contribution >= 4 is 0 Å². The fourth-order valence-corrected chi connectivity index (χ4v) is 0. The maximum Gasteiger partial charge on any atom is 0 e. The van der Waals surface area contributed by atoms with E-state index in [4.69, 9.17) is 0 Å². The molecule has 4 heavy (non-hydrogen) atoms. The van der Waals surface area contributed by atoms with Gasteiger partial charge in [-0.05, 0) is 0 Å². The second-order valence-electron chi connectivity index (χ2n) is 0. The second kappa shape index (κ2) is 21.8. The predicted octanol–water partition coefficient (Wildman–Crippen LogP) is 0.154. The van der Waals surface area contributed by atoms with Crippen molar-refractivity contribution in [3.8, 4) is 0 Å². The zero-order valence-electron chi connectivity index (χ0n) is 1.92. The van der Waals surface area contributed by atoms with Crippen molar-refractivity contribution < 1.29 is 56.8 Å². The van der Waals surface area contributed by atoms with Gasteiger partial charge in [-0.15, -0.1) is 0 Å². The summed E-state index contributed by atoms with van der Waals surface area (Å²) in [6.45, 7) is 0. The predicted molar refractivity (Wildman–Crippen MR) is 5.02 cm³/mol. The van der Waals surface area contributed by atoms with Gasteiger partial charge in [-0.25, -0.2) is 0 Å². The Hall–Kier alpha value is 1.75. The van der Waals surface area contributed by atoms with E-state index in [1.165, 1.54) is 0 Å². The first-order valence-electron chi connectivity index (χ1n) is 0. The summed E-state index contributed by atoms with van der Waals surface area (Å²) in [6, 6.07) is 0. The van der Waals surface area contributed by atoms with Crippen molar-refractivity contribution in [3.05, 3.63) is 0 Å². The summed E-state index contributed by atoms with van der Waals surface area (Å²) in [7, 11) is 0. The molecule has 0 heterocycles. The Morgan fingerprint density at radius 1 is 1.00 bits per heavy atom. The molecule has 0 aliphatic rings. The molecule has 0 amide bonds. The van der Waals surface area contributed by atoms with Gasteiger partial charge in [0.1, 0.15) is 0 Å². The number of rotatable bonds is 0. The van der Waals surface area contributed by atoms with Crippen molar-refractivity contribution in [2.45, 2.75) is 0 Å². The van der Waals surface area contributed by atoms with Crippen molar-refractivity contribution in [2.75, 3.05) is 0 Å². The van der Waals surface area contributed by atoms with Crippen LogP contribution in [0.4, 0.5) is 0 Å². The van der Waals surface area contributed by atoms with Crippen LogP contribution in [0, 0.1) is 0 Å². The SMILES string of the molecule is N.[Cr].[Fe].[Ta]. The van der Waals surface area contributed by atoms with E-state index < -0.39 is 0 Å². The molecule has 0 atom stereocenters. The summed E-state index contributed by atoms with van der Waals surface area (Å²) in [5, 5.41) is 0. The van der Waals surface area contributed by atoms with Crippen LogP contribution < -0.4 is 6.15 Å². The van der Waals surface area contributed by atoms with Gasteiger partial charge in [0.25, 0.3) is 0 Å². The fraction of sp³-hybridized carbons (Fsp3) is 0. The molecule has 27 valence electrons. The van der Waals surface area contributed by atoms with Crippen molar-refractivity contribution in [3.63, 3.8) is 0 Å². The van der Waals surface area contributed by atoms with Crippen LogP contribution in [0.5, 0.6) is 0 Å². The summed E-state index contributed by atoms with van der Waals surface area (Å²) in [6.07, 6.45) is 0. The zero-order valence-corrected chi connectivity index (χ0v) is 7.51. The molecule has 0 unspecified atom stereocenters. The Morgan fingerprint density at radius 3 is 1.00 bits per heavy atom. The third kappa shape index (κ3) is 9.26. The minimum absolute atomic E-state index is 0. The van der Waals surface area contributed by atoms with Crippen LogP contribution in [-0.4, -0.2) is 0 Å². The Balaban J connectivity index is 0. The van der Waals surface area contributed by atoms with E-state index in [1.54, 1.807) is 0 Å². The van der Waals surface area contributed by atoms with Gasteiger partial charge in [-0.1, -0.05) is 0 Å². The van der Waals surface area contributed by atoms with Gasteiger partial charge in [0, 0.05) is 56.8 Å². The van der Waals surface area contributed by atoms with Gasteiger partial charge in [-0.3, -0.25) is 0 Å². The first-order chi connectivity index (χ1) is 0. The molecule has 0 aliphatic heterocycles. The third-order valence-corrected chi connectivity index (χ3v) is 0. The summed E-state index contributed by atoms with van der Waals surface area (Å²) in [5.74, 6) is 0. The van der Waals surface area contributed by atoms with Gasteiger partial charge in [-0.2, -0.15) is 0 Å². The van der Waals surface area contributed by atoms with E-state index >= 15 is 0 Å². The normalized spacial score (nSPS) is 0. The summed E-state index contributed by atoms with van der Waals surface area (Å²) >= 11 is 0. The fourth-order valence-electron chi connectivity index (χ4n) is 0. The van der Waals surface area contributed by atoms with Gasteiger partial charge < -0.3 is 6.15 Å². The first kappa shape index (κ1) is 42.3. The van der Waals surface area contributed by atoms with E-state index in [0.717, 1.165) is 0 Å². The van der Waals surface area contributed by atoms with E-state index in [0.29, 0.717) is 0 Å². The van der Waals surface area contributed by atoms with Crippen LogP contribution in [-0.2, 0) is 56.8 Å². The standard InChI is InChI=1S/Cr.Fe.H3N.Ta/h;;1H3;. The van der Waals surface area contributed by atoms with Gasteiger partial charge >= 0.3 is 0 Å². The van der Waals surface area contributed by atoms with Gasteiger partial charge in [0.2, 0.25) is 0 Å². The van der Waals surface area contributed by atoms with Crippen molar-refractivity contribution in [1.29, 1.82) is 0 Å². The van der Waals surface area contributed by atoms with Crippen LogP contribution in [0.2, 0.25) is 0 Å². The monoisotopic (exact) mass is 306 g/mol. The molecule has 1 radical (unpaired) electrons. The molecule has 0 spiro atoms. The van der Waals surface area contributed by atoms with Gasteiger partial charge in [0.15, 0.2) is 0 Å². The van der Waals surface area contributed by atoms with E-state index in [1.807, 2.05) is 0 Å². The molecule has 0 bridgehead atoms. The summed E-state index contributed by atoms with van der Waals surface area (Å²) in [5.41, 5.74) is 0. The van der Waals surface area contributed by atoms with Crippen LogP contribution in [0.1, 0.15) is 0 Å². The summed E-state index contributed by atoms with van der Waals surface area (Å²) < 4.78 is 0. The van der Waals surface area contributed by atoms with Crippen LogP contribution >= 0.6 is 0 Å². The van der Waals surface area contributed by atoms with Crippen molar-refractivity contribution in [2.24, 2.45) is 0 Å². The minimum atomic E-state index is 0. The Bertz CT molecular complexity index is 8.00. The van der Waals surface area contributed by atoms with Gasteiger partial charge in [0.05, 0.1) is 0 Å². The average molecular weight is 306 g/mol. The molecule has 0 aromatic rings. The average Bonchev–Trinajstić information content (AvgIpc) is 0. The molecule has 0 saturated carbocycles. The maximum absolute atomic E-state index is 0. The molecule has 0 fully saturated rings. The molecule has 0 saturated heterocycles. The van der Waals surface area contributed by atoms with Crippen LogP contribution in [0.15, 0.2) is 0 Å². The molecule has 1 nitrogen and oxygen atoms in total. The topological polar surface area (TPSA) is 35.0 Å². The molecule has 0 rings (SSSR count). The Morgan fingerprint density at radius 2 is 1.00 bits per heavy atom. The molecule has 4 heteroatoms. The van der Waals surface area contributed by atoms with Crippen LogP contribution in [0.3, 0.4) is 0 Å². The molecular formula is H3CrFeNTa. The Labute approximate surface area is 62.6 Å². The largest absolute Gasteiger partial charge is 0.344 e. The van der Waals surface area contributed by atoms with E-state index in [-0.39, 0.29) is 63.0 Å². The van der Waals surface area contributed by atoms with E-state index in [9.17, 15) is 0 Å². The summed E-state index contributed by atoms with van der Waals surface area (Å²) in [4.78, 5) is 0. The second-order valence-corrected chi connectivity index (χ2v) is 0. The zero-order chi connectivity index (χ0) is 0. The first-order valence-corrected chi connectivity index (χ1v) is 0. The Kier molecular flexibility index (Phi) is 231. The molecule has 0 aromatic carbocycles.